The van der Waals surface area contributed by atoms with E-state index in [-0.39, 0.29) is 38.9 Å². The van der Waals surface area contributed by atoms with Crippen LogP contribution in [-0.2, 0) is 19.6 Å². The summed E-state index contributed by atoms with van der Waals surface area (Å²) in [5.74, 6) is -5.77. The third-order valence-electron chi connectivity index (χ3n) is 9.07. The van der Waals surface area contributed by atoms with E-state index in [0.29, 0.717) is 0 Å². The van der Waals surface area contributed by atoms with E-state index >= 15 is 0 Å². The summed E-state index contributed by atoms with van der Waals surface area (Å²) in [5, 5.41) is 68.8. The number of hydrogen-bond acceptors (Lipinski definition) is 13. The highest BCUT2D eigenvalue weighted by molar-refractivity contribution is 5.97. The van der Waals surface area contributed by atoms with Crippen LogP contribution in [0.15, 0.2) is 51.2 Å². The molecule has 3 rings (SSSR count). The molecule has 19 heteroatoms. The van der Waals surface area contributed by atoms with Crippen molar-refractivity contribution in [1.29, 1.82) is 0 Å². The largest absolute Gasteiger partial charge is 0.503 e. The molecule has 0 spiro atoms. The number of aromatic nitrogens is 3. The Bertz CT molecular complexity index is 1750. The zero-order valence-electron chi connectivity index (χ0n) is 29.6. The van der Waals surface area contributed by atoms with Gasteiger partial charge in [0.2, 0.25) is 16.3 Å². The summed E-state index contributed by atoms with van der Waals surface area (Å²) in [7, 11) is 0. The topological polar surface area (TPSA) is 301 Å². The van der Waals surface area contributed by atoms with Crippen LogP contribution in [0.4, 0.5) is 0 Å². The Kier molecular flexibility index (Phi) is 14.5. The van der Waals surface area contributed by atoms with Crippen molar-refractivity contribution in [1.82, 2.24) is 29.7 Å². The van der Waals surface area contributed by atoms with Gasteiger partial charge >= 0.3 is 0 Å². The van der Waals surface area contributed by atoms with E-state index in [9.17, 15) is 59.4 Å². The van der Waals surface area contributed by atoms with Crippen molar-refractivity contribution < 1.29 is 45.0 Å². The molecular formula is C34H47N7O12. The standard InChI is InChI=1S/C34H47N7O12/c1-4-22(36-31(51)25-28(48)19(45)7-10-39(25)13-16-42)34(35,23(5-2)37-32(52)26-29(49)20(46)8-11-40(26)14-17-43)24(6-3)38-33(53)27-30(50)21(47)9-12-41(27)15-18-44/h7-12,22-24,42-44,48-50H,4-6,13-18,35H2,1-3H3,(H,36,51)(H,37,52)(H,38,53). The summed E-state index contributed by atoms with van der Waals surface area (Å²) in [6, 6.07) is -0.671. The number of nitrogens with zero attached hydrogens (tertiary/aromatic N) is 3. The van der Waals surface area contributed by atoms with Crippen molar-refractivity contribution in [2.45, 2.75) is 83.3 Å². The van der Waals surface area contributed by atoms with Gasteiger partial charge in [0.15, 0.2) is 34.3 Å². The van der Waals surface area contributed by atoms with E-state index < -0.39 is 112 Å². The van der Waals surface area contributed by atoms with Crippen LogP contribution in [0.5, 0.6) is 17.2 Å². The highest BCUT2D eigenvalue weighted by atomic mass is 16.3. The molecule has 0 fully saturated rings. The molecular weight excluding hydrogens is 698 g/mol. The molecule has 3 unspecified atom stereocenters. The lowest BCUT2D eigenvalue weighted by molar-refractivity contribution is 0.0753. The zero-order chi connectivity index (χ0) is 39.6. The molecule has 3 amide bonds. The molecule has 3 atom stereocenters. The molecule has 0 aliphatic carbocycles. The molecule has 53 heavy (non-hydrogen) atoms. The lowest BCUT2D eigenvalue weighted by Crippen LogP contribution is -2.76. The first kappa shape index (κ1) is 41.9. The van der Waals surface area contributed by atoms with Gasteiger partial charge in [-0.15, -0.1) is 0 Å². The number of aliphatic hydroxyl groups is 3. The highest BCUT2D eigenvalue weighted by Crippen LogP contribution is 2.28. The molecule has 11 N–H and O–H groups in total. The van der Waals surface area contributed by atoms with Gasteiger partial charge in [0, 0.05) is 56.4 Å². The normalized spacial score (nSPS) is 14.1. The van der Waals surface area contributed by atoms with Crippen molar-refractivity contribution in [3.63, 3.8) is 0 Å². The summed E-state index contributed by atoms with van der Waals surface area (Å²) in [6.07, 6.45) is 3.59. The van der Waals surface area contributed by atoms with E-state index in [2.05, 4.69) is 16.0 Å². The molecule has 19 nitrogen and oxygen atoms in total. The van der Waals surface area contributed by atoms with E-state index in [1.807, 2.05) is 0 Å². The minimum atomic E-state index is -1.93. The van der Waals surface area contributed by atoms with Crippen molar-refractivity contribution in [2.75, 3.05) is 19.8 Å². The average Bonchev–Trinajstić information content (AvgIpc) is 3.13. The maximum atomic E-state index is 13.9. The number of carbonyl (C=O) groups is 3. The molecule has 3 aromatic rings. The van der Waals surface area contributed by atoms with Crippen molar-refractivity contribution in [3.05, 3.63) is 84.5 Å². The predicted octanol–water partition coefficient (Wildman–Crippen LogP) is -2.11. The first-order chi connectivity index (χ1) is 25.2. The van der Waals surface area contributed by atoms with Crippen molar-refractivity contribution >= 4 is 17.7 Å². The molecule has 3 heterocycles. The van der Waals surface area contributed by atoms with E-state index in [4.69, 9.17) is 5.73 Å². The lowest BCUT2D eigenvalue weighted by atomic mass is 9.73. The van der Waals surface area contributed by atoms with E-state index in [1.54, 1.807) is 20.8 Å². The van der Waals surface area contributed by atoms with Crippen LogP contribution in [0.1, 0.15) is 71.5 Å². The first-order valence-electron chi connectivity index (χ1n) is 17.0. The Morgan fingerprint density at radius 2 is 0.830 bits per heavy atom. The minimum Gasteiger partial charge on any atom is -0.503 e. The van der Waals surface area contributed by atoms with Gasteiger partial charge in [-0.25, -0.2) is 0 Å². The Balaban J connectivity index is 2.24. The van der Waals surface area contributed by atoms with Crippen LogP contribution < -0.4 is 38.0 Å². The summed E-state index contributed by atoms with van der Waals surface area (Å²) >= 11 is 0. The maximum absolute atomic E-state index is 13.9. The molecule has 290 valence electrons. The summed E-state index contributed by atoms with van der Waals surface area (Å²) in [4.78, 5) is 78.8. The fourth-order valence-electron chi connectivity index (χ4n) is 6.44. The minimum absolute atomic E-state index is 0.00355. The Hall–Kier alpha value is -5.50. The van der Waals surface area contributed by atoms with Crippen LogP contribution in [0.3, 0.4) is 0 Å². The smallest absolute Gasteiger partial charge is 0.272 e. The fourth-order valence-corrected chi connectivity index (χ4v) is 6.44. The predicted molar refractivity (Wildman–Crippen MR) is 190 cm³/mol. The molecule has 3 aromatic heterocycles. The van der Waals surface area contributed by atoms with Gasteiger partial charge < -0.3 is 66.0 Å². The molecule has 0 saturated heterocycles. The number of pyridine rings is 3. The monoisotopic (exact) mass is 745 g/mol. The zero-order valence-corrected chi connectivity index (χ0v) is 29.6. The van der Waals surface area contributed by atoms with Crippen LogP contribution >= 0.6 is 0 Å². The third-order valence-corrected chi connectivity index (χ3v) is 9.07. The summed E-state index contributed by atoms with van der Waals surface area (Å²) in [6.45, 7) is 2.90. The molecule has 0 bridgehead atoms. The molecule has 0 aromatic carbocycles. The number of aliphatic hydroxyl groups excluding tert-OH is 3. The first-order valence-corrected chi connectivity index (χ1v) is 17.0. The van der Waals surface area contributed by atoms with Gasteiger partial charge in [-0.3, -0.25) is 28.8 Å². The molecule has 0 aliphatic rings. The number of amides is 3. The van der Waals surface area contributed by atoms with Crippen molar-refractivity contribution in [2.24, 2.45) is 5.73 Å². The van der Waals surface area contributed by atoms with Crippen LogP contribution in [0, 0.1) is 0 Å². The van der Waals surface area contributed by atoms with Crippen LogP contribution in [-0.4, -0.2) is 106 Å². The number of carbonyl (C=O) groups excluding carboxylic acids is 3. The number of aromatic hydroxyl groups is 3. The van der Waals surface area contributed by atoms with Gasteiger partial charge in [-0.05, 0) is 19.3 Å². The Morgan fingerprint density at radius 3 is 1.04 bits per heavy atom. The number of nitrogens with one attached hydrogen (secondary N) is 3. The Labute approximate surface area is 302 Å². The van der Waals surface area contributed by atoms with Crippen LogP contribution in [0.2, 0.25) is 0 Å². The van der Waals surface area contributed by atoms with Crippen molar-refractivity contribution in [3.8, 4) is 17.2 Å². The van der Waals surface area contributed by atoms with Gasteiger partial charge in [-0.2, -0.15) is 0 Å². The lowest BCUT2D eigenvalue weighted by Gasteiger charge is -2.48. The van der Waals surface area contributed by atoms with E-state index in [1.165, 1.54) is 18.6 Å². The number of rotatable bonds is 18. The number of hydrogen-bond donors (Lipinski definition) is 10. The van der Waals surface area contributed by atoms with Crippen LogP contribution in [0.25, 0.3) is 0 Å². The quantitative estimate of drug-likeness (QED) is 0.0668. The molecule has 0 aliphatic heterocycles. The molecule has 0 saturated carbocycles. The maximum Gasteiger partial charge on any atom is 0.272 e. The Morgan fingerprint density at radius 1 is 0.585 bits per heavy atom. The van der Waals surface area contributed by atoms with Gasteiger partial charge in [-0.1, -0.05) is 20.8 Å². The second-order valence-corrected chi connectivity index (χ2v) is 12.2. The second kappa shape index (κ2) is 18.3. The summed E-state index contributed by atoms with van der Waals surface area (Å²) < 4.78 is 3.44. The third kappa shape index (κ3) is 8.76. The second-order valence-electron chi connectivity index (χ2n) is 12.2. The van der Waals surface area contributed by atoms with Gasteiger partial charge in [0.25, 0.3) is 17.7 Å². The highest BCUT2D eigenvalue weighted by Gasteiger charge is 2.49. The SMILES string of the molecule is CCC(NC(=O)c1c(O)c(=O)ccn1CCO)C(N)(C(CC)NC(=O)c1c(O)c(=O)ccn1CCO)C(CC)NC(=O)c1c(O)c(=O)ccn1CCO. The number of nitrogens with two attached hydrogens (primary N) is 1. The van der Waals surface area contributed by atoms with Gasteiger partial charge in [0.1, 0.15) is 0 Å². The molecule has 0 radical (unpaired) electrons. The fraction of sp³-hybridized carbons (Fsp3) is 0.471. The van der Waals surface area contributed by atoms with Gasteiger partial charge in [0.05, 0.1) is 43.5 Å². The van der Waals surface area contributed by atoms with E-state index in [0.717, 1.165) is 31.9 Å². The average molecular weight is 746 g/mol. The summed E-state index contributed by atoms with van der Waals surface area (Å²) in [5.41, 5.74) is 1.17.